The molecule has 5 rings (SSSR count). The number of aromatic hydroxyl groups is 2. The fraction of sp³-hybridized carbons (Fsp3) is 0.250. The zero-order valence-electron chi connectivity index (χ0n) is 17.4. The number of aromatic nitrogens is 2. The first kappa shape index (κ1) is 21.1. The number of fused-ring (bicyclic) bond motifs is 2. The van der Waals surface area contributed by atoms with Crippen LogP contribution < -0.4 is 0 Å². The van der Waals surface area contributed by atoms with E-state index in [1.807, 2.05) is 0 Å². The maximum Gasteiger partial charge on any atom is 0.433 e. The number of hydrogen-bond donors (Lipinski definition) is 3. The number of hydrogen-bond acceptors (Lipinski definition) is 4. The van der Waals surface area contributed by atoms with E-state index in [4.69, 9.17) is 0 Å². The molecule has 1 amide bonds. The Balaban J connectivity index is 1.34. The van der Waals surface area contributed by atoms with Crippen LogP contribution in [0.3, 0.4) is 0 Å². The average Bonchev–Trinajstić information content (AvgIpc) is 3.21. The molecule has 9 heteroatoms. The first-order valence-corrected chi connectivity index (χ1v) is 10.5. The molecule has 2 aromatic carbocycles. The summed E-state index contributed by atoms with van der Waals surface area (Å²) in [5.74, 6) is -0.276. The number of nitrogens with zero attached hydrogens (tertiary/aromatic N) is 2. The molecule has 0 unspecified atom stereocenters. The Kier molecular flexibility index (Phi) is 4.92. The molecular weight excluding hydrogens is 435 g/mol. The number of phenols is 2. The zero-order valence-corrected chi connectivity index (χ0v) is 17.4. The van der Waals surface area contributed by atoms with Gasteiger partial charge in [-0.3, -0.25) is 4.79 Å². The second-order valence-electron chi connectivity index (χ2n) is 8.30. The summed E-state index contributed by atoms with van der Waals surface area (Å²) in [5, 5.41) is 22.1. The number of piperidine rings is 1. The molecule has 4 aromatic rings. The Bertz CT molecular complexity index is 1370. The van der Waals surface area contributed by atoms with Crippen LogP contribution in [0.5, 0.6) is 11.5 Å². The van der Waals surface area contributed by atoms with Crippen LogP contribution in [0.25, 0.3) is 21.8 Å². The van der Waals surface area contributed by atoms with Gasteiger partial charge in [-0.05, 0) is 71.5 Å². The number of aromatic amines is 1. The number of carbonyl (C=O) groups is 1. The molecule has 0 aliphatic carbocycles. The summed E-state index contributed by atoms with van der Waals surface area (Å²) in [6.07, 6.45) is -1.54. The minimum absolute atomic E-state index is 0.0722. The van der Waals surface area contributed by atoms with E-state index in [0.717, 1.165) is 11.6 Å². The number of amides is 1. The standard InChI is InChI=1S/C24H20F3N3O3/c25-24(26,27)21-4-3-17-19(12-28-22(17)29-21)13-5-7-30(8-6-13)23(33)18-10-15-9-16(31)2-1-14(15)11-20(18)32/h1-4,9-13,31-32H,5-8H2,(H,28,29). The van der Waals surface area contributed by atoms with Crippen LogP contribution in [0.1, 0.15) is 40.4 Å². The van der Waals surface area contributed by atoms with Crippen LogP contribution in [-0.2, 0) is 6.18 Å². The number of alkyl halides is 3. The Hall–Kier alpha value is -3.75. The van der Waals surface area contributed by atoms with Crippen molar-refractivity contribution in [1.29, 1.82) is 0 Å². The van der Waals surface area contributed by atoms with Crippen molar-refractivity contribution >= 4 is 27.7 Å². The molecule has 170 valence electrons. The van der Waals surface area contributed by atoms with Gasteiger partial charge in [-0.2, -0.15) is 13.2 Å². The second kappa shape index (κ2) is 7.68. The largest absolute Gasteiger partial charge is 0.508 e. The molecule has 0 saturated carbocycles. The fourth-order valence-corrected chi connectivity index (χ4v) is 4.53. The normalized spacial score (nSPS) is 15.4. The van der Waals surface area contributed by atoms with E-state index in [1.54, 1.807) is 23.2 Å². The average molecular weight is 455 g/mol. The van der Waals surface area contributed by atoms with E-state index in [2.05, 4.69) is 9.97 Å². The minimum atomic E-state index is -4.50. The summed E-state index contributed by atoms with van der Waals surface area (Å²) in [6, 6.07) is 10.2. The van der Waals surface area contributed by atoms with Crippen LogP contribution >= 0.6 is 0 Å². The molecule has 1 saturated heterocycles. The zero-order chi connectivity index (χ0) is 23.3. The van der Waals surface area contributed by atoms with Gasteiger partial charge in [0.05, 0.1) is 5.56 Å². The van der Waals surface area contributed by atoms with E-state index in [0.29, 0.717) is 42.1 Å². The van der Waals surface area contributed by atoms with Crippen LogP contribution in [0.2, 0.25) is 0 Å². The predicted molar refractivity (Wildman–Crippen MR) is 116 cm³/mol. The smallest absolute Gasteiger partial charge is 0.433 e. The minimum Gasteiger partial charge on any atom is -0.508 e. The molecular formula is C24H20F3N3O3. The Morgan fingerprint density at radius 1 is 1.03 bits per heavy atom. The molecule has 6 nitrogen and oxygen atoms in total. The van der Waals surface area contributed by atoms with Gasteiger partial charge in [0.1, 0.15) is 22.8 Å². The van der Waals surface area contributed by atoms with Crippen LogP contribution in [0.4, 0.5) is 13.2 Å². The second-order valence-corrected chi connectivity index (χ2v) is 8.30. The third-order valence-corrected chi connectivity index (χ3v) is 6.25. The highest BCUT2D eigenvalue weighted by molar-refractivity contribution is 6.01. The topological polar surface area (TPSA) is 89.5 Å². The lowest BCUT2D eigenvalue weighted by Gasteiger charge is -2.32. The Morgan fingerprint density at radius 2 is 1.79 bits per heavy atom. The van der Waals surface area contributed by atoms with E-state index in [9.17, 15) is 28.2 Å². The summed E-state index contributed by atoms with van der Waals surface area (Å²) >= 11 is 0. The molecule has 1 aliphatic heterocycles. The lowest BCUT2D eigenvalue weighted by Crippen LogP contribution is -2.37. The van der Waals surface area contributed by atoms with Crippen LogP contribution in [-0.4, -0.2) is 44.1 Å². The summed E-state index contributed by atoms with van der Waals surface area (Å²) in [7, 11) is 0. The lowest BCUT2D eigenvalue weighted by atomic mass is 9.89. The van der Waals surface area contributed by atoms with Gasteiger partial charge >= 0.3 is 6.18 Å². The van der Waals surface area contributed by atoms with Gasteiger partial charge in [0.2, 0.25) is 0 Å². The molecule has 0 bridgehead atoms. The fourth-order valence-electron chi connectivity index (χ4n) is 4.53. The van der Waals surface area contributed by atoms with Gasteiger partial charge in [-0.1, -0.05) is 6.07 Å². The molecule has 33 heavy (non-hydrogen) atoms. The number of nitrogens with one attached hydrogen (secondary N) is 1. The molecule has 0 atom stereocenters. The number of pyridine rings is 1. The summed E-state index contributed by atoms with van der Waals surface area (Å²) in [6.45, 7) is 0.892. The van der Waals surface area contributed by atoms with E-state index in [1.165, 1.54) is 24.3 Å². The number of H-pyrrole nitrogens is 1. The molecule has 1 fully saturated rings. The van der Waals surface area contributed by atoms with Gasteiger partial charge in [0.25, 0.3) is 5.91 Å². The third kappa shape index (κ3) is 3.83. The van der Waals surface area contributed by atoms with Crippen molar-refractivity contribution in [2.24, 2.45) is 0 Å². The van der Waals surface area contributed by atoms with E-state index < -0.39 is 11.9 Å². The van der Waals surface area contributed by atoms with E-state index >= 15 is 0 Å². The monoisotopic (exact) mass is 455 g/mol. The van der Waals surface area contributed by atoms with Gasteiger partial charge in [0, 0.05) is 24.7 Å². The highest BCUT2D eigenvalue weighted by Crippen LogP contribution is 2.36. The number of rotatable bonds is 2. The highest BCUT2D eigenvalue weighted by atomic mass is 19.4. The number of carbonyl (C=O) groups excluding carboxylic acids is 1. The molecule has 3 heterocycles. The van der Waals surface area contributed by atoms with Gasteiger partial charge in [-0.15, -0.1) is 0 Å². The molecule has 1 aliphatic rings. The van der Waals surface area contributed by atoms with Crippen molar-refractivity contribution in [3.05, 3.63) is 65.5 Å². The molecule has 0 spiro atoms. The van der Waals surface area contributed by atoms with Crippen LogP contribution in [0.15, 0.2) is 48.7 Å². The number of benzene rings is 2. The number of likely N-dealkylation sites (tertiary alicyclic amines) is 1. The van der Waals surface area contributed by atoms with Crippen molar-refractivity contribution in [2.75, 3.05) is 13.1 Å². The third-order valence-electron chi connectivity index (χ3n) is 6.25. The Labute approximate surface area is 186 Å². The van der Waals surface area contributed by atoms with Crippen molar-refractivity contribution in [3.8, 4) is 11.5 Å². The van der Waals surface area contributed by atoms with Gasteiger partial charge in [-0.25, -0.2) is 4.98 Å². The number of phenolic OH excluding ortho intramolecular Hbond substituents is 2. The Morgan fingerprint density at radius 3 is 2.52 bits per heavy atom. The van der Waals surface area contributed by atoms with Crippen molar-refractivity contribution in [3.63, 3.8) is 0 Å². The maximum absolute atomic E-state index is 13.1. The maximum atomic E-state index is 13.1. The van der Waals surface area contributed by atoms with Gasteiger partial charge in [0.15, 0.2) is 0 Å². The highest BCUT2D eigenvalue weighted by Gasteiger charge is 2.33. The quantitative estimate of drug-likeness (QED) is 0.389. The van der Waals surface area contributed by atoms with Crippen molar-refractivity contribution in [2.45, 2.75) is 24.9 Å². The van der Waals surface area contributed by atoms with Crippen molar-refractivity contribution < 1.29 is 28.2 Å². The van der Waals surface area contributed by atoms with Crippen molar-refractivity contribution in [1.82, 2.24) is 14.9 Å². The number of halogens is 3. The molecule has 3 N–H and O–H groups in total. The molecule has 2 aromatic heterocycles. The summed E-state index contributed by atoms with van der Waals surface area (Å²) in [4.78, 5) is 21.3. The van der Waals surface area contributed by atoms with Crippen LogP contribution in [0, 0.1) is 0 Å². The lowest BCUT2D eigenvalue weighted by molar-refractivity contribution is -0.141. The first-order chi connectivity index (χ1) is 15.7. The molecule has 0 radical (unpaired) electrons. The van der Waals surface area contributed by atoms with Gasteiger partial charge < -0.3 is 20.1 Å². The predicted octanol–water partition coefficient (Wildman–Crippen LogP) is 5.17. The van der Waals surface area contributed by atoms with E-state index in [-0.39, 0.29) is 34.5 Å². The summed E-state index contributed by atoms with van der Waals surface area (Å²) < 4.78 is 38.8. The SMILES string of the molecule is O=C(c1cc2cc(O)ccc2cc1O)N1CCC(c2c[nH]c3nc(C(F)(F)F)ccc23)CC1. The summed E-state index contributed by atoms with van der Waals surface area (Å²) in [5.41, 5.74) is 0.319. The first-order valence-electron chi connectivity index (χ1n) is 10.5.